The number of carbonyl (C=O) groups excluding carboxylic acids is 2. The first kappa shape index (κ1) is 16.6. The van der Waals surface area contributed by atoms with E-state index in [1.165, 1.54) is 18.2 Å². The summed E-state index contributed by atoms with van der Waals surface area (Å²) in [7, 11) is 0. The Balaban J connectivity index is 1.95. The number of likely N-dealkylation sites (tertiary alicyclic amines) is 1. The van der Waals surface area contributed by atoms with Crippen LogP contribution >= 0.6 is 11.6 Å². The van der Waals surface area contributed by atoms with Crippen LogP contribution in [0.15, 0.2) is 18.2 Å². The van der Waals surface area contributed by atoms with Gasteiger partial charge in [0.15, 0.2) is 6.61 Å². The van der Waals surface area contributed by atoms with E-state index in [1.54, 1.807) is 0 Å². The Morgan fingerprint density at radius 1 is 1.32 bits per heavy atom. The number of nitrogens with zero attached hydrogens (tertiary/aromatic N) is 1. The molecule has 1 aromatic rings. The lowest BCUT2D eigenvalue weighted by Crippen LogP contribution is -2.49. The van der Waals surface area contributed by atoms with E-state index in [1.807, 2.05) is 18.7 Å². The van der Waals surface area contributed by atoms with E-state index in [4.69, 9.17) is 22.1 Å². The minimum Gasteiger partial charge on any atom is -0.452 e. The maximum absolute atomic E-state index is 12.3. The highest BCUT2D eigenvalue weighted by Gasteiger charge is 2.29. The van der Waals surface area contributed by atoms with Gasteiger partial charge in [-0.15, -0.1) is 0 Å². The van der Waals surface area contributed by atoms with Crippen molar-refractivity contribution in [1.29, 1.82) is 0 Å². The standard InChI is InChI=1S/C16H21ClN2O3/c1-10-4-3-5-11(2)19(10)15(20)9-22-16(21)12-6-7-13(17)14(18)8-12/h6-8,10-11H,3-5,9,18H2,1-2H3/t10-,11+. The second kappa shape index (κ2) is 7.01. The van der Waals surface area contributed by atoms with Gasteiger partial charge in [0.1, 0.15) is 0 Å². The highest BCUT2D eigenvalue weighted by molar-refractivity contribution is 6.33. The van der Waals surface area contributed by atoms with Crippen molar-refractivity contribution in [2.45, 2.75) is 45.2 Å². The summed E-state index contributed by atoms with van der Waals surface area (Å²) in [6.07, 6.45) is 3.09. The molecule has 5 nitrogen and oxygen atoms in total. The Morgan fingerprint density at radius 2 is 1.95 bits per heavy atom. The molecule has 2 atom stereocenters. The molecule has 2 N–H and O–H groups in total. The molecule has 0 saturated carbocycles. The molecule has 0 spiro atoms. The Bertz CT molecular complexity index is 567. The average molecular weight is 325 g/mol. The van der Waals surface area contributed by atoms with Gasteiger partial charge in [0.2, 0.25) is 0 Å². The van der Waals surface area contributed by atoms with Crippen molar-refractivity contribution in [3.8, 4) is 0 Å². The first-order valence-corrected chi connectivity index (χ1v) is 7.81. The van der Waals surface area contributed by atoms with Crippen LogP contribution in [-0.2, 0) is 9.53 Å². The van der Waals surface area contributed by atoms with E-state index in [0.717, 1.165) is 19.3 Å². The summed E-state index contributed by atoms with van der Waals surface area (Å²) in [5, 5.41) is 0.378. The number of amides is 1. The van der Waals surface area contributed by atoms with E-state index in [-0.39, 0.29) is 30.2 Å². The number of esters is 1. The van der Waals surface area contributed by atoms with Crippen LogP contribution in [0.1, 0.15) is 43.5 Å². The van der Waals surface area contributed by atoms with Gasteiger partial charge in [-0.3, -0.25) is 4.79 Å². The second-order valence-corrected chi connectivity index (χ2v) is 6.15. The van der Waals surface area contributed by atoms with Crippen LogP contribution in [0.2, 0.25) is 5.02 Å². The molecule has 0 aliphatic carbocycles. The first-order chi connectivity index (χ1) is 10.4. The molecule has 1 fully saturated rings. The Morgan fingerprint density at radius 3 is 2.55 bits per heavy atom. The van der Waals surface area contributed by atoms with Gasteiger partial charge in [0.05, 0.1) is 16.3 Å². The number of carbonyl (C=O) groups is 2. The average Bonchev–Trinajstić information content (AvgIpc) is 2.47. The van der Waals surface area contributed by atoms with Crippen LogP contribution in [-0.4, -0.2) is 35.5 Å². The molecule has 1 saturated heterocycles. The zero-order valence-corrected chi connectivity index (χ0v) is 13.6. The van der Waals surface area contributed by atoms with E-state index in [9.17, 15) is 9.59 Å². The third kappa shape index (κ3) is 3.71. The molecule has 120 valence electrons. The number of hydrogen-bond donors (Lipinski definition) is 1. The summed E-state index contributed by atoms with van der Waals surface area (Å²) in [6.45, 7) is 3.79. The monoisotopic (exact) mass is 324 g/mol. The zero-order valence-electron chi connectivity index (χ0n) is 12.8. The molecular weight excluding hydrogens is 304 g/mol. The number of anilines is 1. The van der Waals surface area contributed by atoms with Gasteiger partial charge >= 0.3 is 5.97 Å². The highest BCUT2D eigenvalue weighted by atomic mass is 35.5. The summed E-state index contributed by atoms with van der Waals surface area (Å²) >= 11 is 5.81. The van der Waals surface area contributed by atoms with Crippen molar-refractivity contribution in [2.75, 3.05) is 12.3 Å². The molecule has 0 bridgehead atoms. The number of benzene rings is 1. The van der Waals surface area contributed by atoms with E-state index in [2.05, 4.69) is 0 Å². The Hall–Kier alpha value is -1.75. The van der Waals surface area contributed by atoms with E-state index < -0.39 is 5.97 Å². The molecule has 0 radical (unpaired) electrons. The van der Waals surface area contributed by atoms with Crippen LogP contribution in [0.25, 0.3) is 0 Å². The second-order valence-electron chi connectivity index (χ2n) is 5.74. The predicted molar refractivity (Wildman–Crippen MR) is 85.8 cm³/mol. The lowest BCUT2D eigenvalue weighted by atomic mass is 9.97. The van der Waals surface area contributed by atoms with Crippen molar-refractivity contribution in [3.63, 3.8) is 0 Å². The number of halogens is 1. The fourth-order valence-corrected chi connectivity index (χ4v) is 2.99. The van der Waals surface area contributed by atoms with Crippen molar-refractivity contribution in [3.05, 3.63) is 28.8 Å². The number of ether oxygens (including phenoxy) is 1. The Kier molecular flexibility index (Phi) is 5.29. The summed E-state index contributed by atoms with van der Waals surface area (Å²) in [5.41, 5.74) is 6.25. The normalized spacial score (nSPS) is 21.5. The molecule has 2 rings (SSSR count). The summed E-state index contributed by atoms with van der Waals surface area (Å²) in [5.74, 6) is -0.732. The zero-order chi connectivity index (χ0) is 16.3. The molecule has 1 aliphatic rings. The maximum atomic E-state index is 12.3. The molecule has 1 amide bonds. The minimum atomic E-state index is -0.575. The van der Waals surface area contributed by atoms with Gasteiger partial charge in [-0.05, 0) is 51.3 Å². The quantitative estimate of drug-likeness (QED) is 0.685. The summed E-state index contributed by atoms with van der Waals surface area (Å²) < 4.78 is 5.11. The van der Waals surface area contributed by atoms with Gasteiger partial charge in [0.25, 0.3) is 5.91 Å². The number of piperidine rings is 1. The lowest BCUT2D eigenvalue weighted by Gasteiger charge is -2.38. The summed E-state index contributed by atoms with van der Waals surface area (Å²) in [6, 6.07) is 4.87. The molecule has 0 aromatic heterocycles. The van der Waals surface area contributed by atoms with Crippen LogP contribution in [0.3, 0.4) is 0 Å². The van der Waals surface area contributed by atoms with Crippen LogP contribution in [0.4, 0.5) is 5.69 Å². The minimum absolute atomic E-state index is 0.157. The first-order valence-electron chi connectivity index (χ1n) is 7.43. The molecule has 1 aliphatic heterocycles. The van der Waals surface area contributed by atoms with E-state index in [0.29, 0.717) is 10.7 Å². The number of nitrogens with two attached hydrogens (primary N) is 1. The topological polar surface area (TPSA) is 72.6 Å². The molecule has 0 unspecified atom stereocenters. The SMILES string of the molecule is C[C@@H]1CCC[C@H](C)N1C(=O)COC(=O)c1ccc(Cl)c(N)c1. The number of nitrogen functional groups attached to an aromatic ring is 1. The van der Waals surface area contributed by atoms with Gasteiger partial charge < -0.3 is 15.4 Å². The largest absolute Gasteiger partial charge is 0.452 e. The molecule has 1 heterocycles. The molecule has 1 aromatic carbocycles. The van der Waals surface area contributed by atoms with Gasteiger partial charge in [-0.1, -0.05) is 11.6 Å². The molecule has 6 heteroatoms. The smallest absolute Gasteiger partial charge is 0.338 e. The van der Waals surface area contributed by atoms with Crippen LogP contribution in [0.5, 0.6) is 0 Å². The van der Waals surface area contributed by atoms with Crippen LogP contribution < -0.4 is 5.73 Å². The van der Waals surface area contributed by atoms with Crippen molar-refractivity contribution >= 4 is 29.2 Å². The predicted octanol–water partition coefficient (Wildman–Crippen LogP) is 2.87. The van der Waals surface area contributed by atoms with Crippen molar-refractivity contribution in [2.24, 2.45) is 0 Å². The van der Waals surface area contributed by atoms with Crippen LogP contribution in [0, 0.1) is 0 Å². The van der Waals surface area contributed by atoms with E-state index >= 15 is 0 Å². The molecule has 22 heavy (non-hydrogen) atoms. The third-order valence-corrected chi connectivity index (χ3v) is 4.38. The maximum Gasteiger partial charge on any atom is 0.338 e. The van der Waals surface area contributed by atoms with Gasteiger partial charge in [-0.2, -0.15) is 0 Å². The number of hydrogen-bond acceptors (Lipinski definition) is 4. The van der Waals surface area contributed by atoms with Crippen molar-refractivity contribution < 1.29 is 14.3 Å². The lowest BCUT2D eigenvalue weighted by molar-refractivity contribution is -0.140. The number of rotatable bonds is 3. The molecular formula is C16H21ClN2O3. The van der Waals surface area contributed by atoms with Crippen molar-refractivity contribution in [1.82, 2.24) is 4.90 Å². The van der Waals surface area contributed by atoms with Gasteiger partial charge in [0, 0.05) is 12.1 Å². The van der Waals surface area contributed by atoms with Gasteiger partial charge in [-0.25, -0.2) is 4.79 Å². The third-order valence-electron chi connectivity index (χ3n) is 4.04. The fraction of sp³-hybridized carbons (Fsp3) is 0.500. The highest BCUT2D eigenvalue weighted by Crippen LogP contribution is 2.23. The fourth-order valence-electron chi connectivity index (χ4n) is 2.87. The summed E-state index contributed by atoms with van der Waals surface area (Å²) in [4.78, 5) is 26.1. The Labute approximate surface area is 135 Å².